The number of aromatic nitrogens is 4. The smallest absolute Gasteiger partial charge is 0.258 e. The molecule has 3 fully saturated rings. The Kier molecular flexibility index (Phi) is 4.74. The minimum atomic E-state index is -0.178. The molecule has 0 saturated carbocycles. The highest BCUT2D eigenvalue weighted by molar-refractivity contribution is 6.34. The van der Waals surface area contributed by atoms with Gasteiger partial charge in [0.15, 0.2) is 0 Å². The summed E-state index contributed by atoms with van der Waals surface area (Å²) in [5.41, 5.74) is 5.60. The topological polar surface area (TPSA) is 78.3 Å². The Morgan fingerprint density at radius 3 is 2.58 bits per heavy atom. The fourth-order valence-electron chi connectivity index (χ4n) is 5.23. The maximum absolute atomic E-state index is 12.8. The normalized spacial score (nSPS) is 22.3. The Labute approximate surface area is 196 Å². The molecule has 2 N–H and O–H groups in total. The highest BCUT2D eigenvalue weighted by atomic mass is 35.5. The minimum absolute atomic E-state index is 0.0862. The summed E-state index contributed by atoms with van der Waals surface area (Å²) in [6, 6.07) is 5.74. The molecule has 3 aromatic heterocycles. The van der Waals surface area contributed by atoms with E-state index in [2.05, 4.69) is 41.3 Å². The lowest BCUT2D eigenvalue weighted by Gasteiger charge is -2.49. The van der Waals surface area contributed by atoms with E-state index in [-0.39, 0.29) is 11.1 Å². The van der Waals surface area contributed by atoms with Crippen molar-refractivity contribution in [2.24, 2.45) is 0 Å². The number of hydrogen-bond acceptors (Lipinski definition) is 5. The number of nitrogens with zero attached hydrogens (tertiary/aromatic N) is 4. The van der Waals surface area contributed by atoms with Crippen LogP contribution in [0, 0.1) is 13.8 Å². The molecule has 0 aliphatic carbocycles. The quantitative estimate of drug-likeness (QED) is 0.477. The summed E-state index contributed by atoms with van der Waals surface area (Å²) in [6.07, 6.45) is 7.87. The minimum Gasteiger partial charge on any atom is -0.378 e. The molecule has 3 saturated heterocycles. The molecule has 170 valence electrons. The summed E-state index contributed by atoms with van der Waals surface area (Å²) in [4.78, 5) is 27.8. The number of rotatable bonds is 4. The number of nitrogens with one attached hydrogen (secondary N) is 2. The summed E-state index contributed by atoms with van der Waals surface area (Å²) < 4.78 is 2.02. The Hall–Kier alpha value is -2.90. The molecule has 0 amide bonds. The van der Waals surface area contributed by atoms with E-state index in [0.29, 0.717) is 28.2 Å². The second-order valence-electron chi connectivity index (χ2n) is 9.67. The Morgan fingerprint density at radius 1 is 1.06 bits per heavy atom. The first-order chi connectivity index (χ1) is 15.9. The molecule has 3 aliphatic rings. The van der Waals surface area contributed by atoms with E-state index in [1.165, 1.54) is 11.1 Å². The van der Waals surface area contributed by atoms with Gasteiger partial charge in [-0.2, -0.15) is 0 Å². The van der Waals surface area contributed by atoms with Crippen molar-refractivity contribution in [1.29, 1.82) is 0 Å². The van der Waals surface area contributed by atoms with E-state index < -0.39 is 0 Å². The lowest BCUT2D eigenvalue weighted by molar-refractivity contribution is 0.0992. The van der Waals surface area contributed by atoms with E-state index in [1.54, 1.807) is 6.07 Å². The van der Waals surface area contributed by atoms with Crippen LogP contribution in [0.2, 0.25) is 5.02 Å². The van der Waals surface area contributed by atoms with Crippen LogP contribution in [-0.4, -0.2) is 49.4 Å². The number of pyridine rings is 1. The van der Waals surface area contributed by atoms with Gasteiger partial charge in [-0.25, -0.2) is 9.97 Å². The van der Waals surface area contributed by atoms with Gasteiger partial charge in [0.1, 0.15) is 11.5 Å². The third-order valence-corrected chi connectivity index (χ3v) is 7.74. The van der Waals surface area contributed by atoms with Crippen LogP contribution in [0.5, 0.6) is 0 Å². The largest absolute Gasteiger partial charge is 0.378 e. The van der Waals surface area contributed by atoms with Crippen molar-refractivity contribution in [3.05, 3.63) is 68.6 Å². The van der Waals surface area contributed by atoms with Gasteiger partial charge in [-0.05, 0) is 62.4 Å². The van der Waals surface area contributed by atoms with E-state index >= 15 is 0 Å². The van der Waals surface area contributed by atoms with Crippen LogP contribution < -0.4 is 10.9 Å². The van der Waals surface area contributed by atoms with Crippen LogP contribution in [0.25, 0.3) is 16.6 Å². The molecule has 3 aliphatic heterocycles. The molecular formula is C25H27ClN6O. The number of piperidine rings is 3. The lowest BCUT2D eigenvalue weighted by Crippen LogP contribution is -2.56. The molecule has 7 nitrogen and oxygen atoms in total. The van der Waals surface area contributed by atoms with Crippen LogP contribution in [-0.2, 0) is 6.42 Å². The predicted octanol–water partition coefficient (Wildman–Crippen LogP) is 4.08. The van der Waals surface area contributed by atoms with Crippen molar-refractivity contribution < 1.29 is 0 Å². The van der Waals surface area contributed by atoms with Gasteiger partial charge in [0.05, 0.1) is 27.3 Å². The van der Waals surface area contributed by atoms with Gasteiger partial charge < -0.3 is 19.6 Å². The third-order valence-electron chi connectivity index (χ3n) is 7.42. The Bertz CT molecular complexity index is 1390. The van der Waals surface area contributed by atoms with E-state index in [1.807, 2.05) is 16.7 Å². The zero-order valence-electron chi connectivity index (χ0n) is 18.9. The van der Waals surface area contributed by atoms with Gasteiger partial charge in [-0.15, -0.1) is 0 Å². The third kappa shape index (κ3) is 3.69. The first-order valence-corrected chi connectivity index (χ1v) is 11.9. The predicted molar refractivity (Wildman–Crippen MR) is 131 cm³/mol. The van der Waals surface area contributed by atoms with E-state index in [4.69, 9.17) is 21.6 Å². The highest BCUT2D eigenvalue weighted by Gasteiger charge is 2.39. The van der Waals surface area contributed by atoms with Gasteiger partial charge in [-0.1, -0.05) is 11.6 Å². The molecule has 4 aromatic rings. The summed E-state index contributed by atoms with van der Waals surface area (Å²) in [5, 5.41) is 4.80. The van der Waals surface area contributed by atoms with Crippen LogP contribution in [0.3, 0.4) is 0 Å². The molecule has 2 bridgehead atoms. The maximum Gasteiger partial charge on any atom is 0.258 e. The molecule has 7 rings (SSSR count). The van der Waals surface area contributed by atoms with Gasteiger partial charge >= 0.3 is 0 Å². The number of aryl methyl sites for hydroxylation is 2. The molecule has 33 heavy (non-hydrogen) atoms. The van der Waals surface area contributed by atoms with Gasteiger partial charge in [0.25, 0.3) is 5.56 Å². The van der Waals surface area contributed by atoms with Crippen LogP contribution in [0.15, 0.2) is 35.4 Å². The summed E-state index contributed by atoms with van der Waals surface area (Å²) >= 11 is 6.60. The zero-order chi connectivity index (χ0) is 22.7. The van der Waals surface area contributed by atoms with Gasteiger partial charge in [-0.3, -0.25) is 4.79 Å². The molecule has 0 unspecified atom stereocenters. The number of benzene rings is 1. The number of hydrogen-bond donors (Lipinski definition) is 2. The number of aromatic amines is 1. The number of imidazole rings is 1. The number of halogens is 1. The Morgan fingerprint density at radius 2 is 1.82 bits per heavy atom. The summed E-state index contributed by atoms with van der Waals surface area (Å²) in [5.74, 6) is 0.599. The molecule has 6 heterocycles. The average molecular weight is 463 g/mol. The molecule has 0 radical (unpaired) electrons. The monoisotopic (exact) mass is 462 g/mol. The fraction of sp³-hybridized carbons (Fsp3) is 0.400. The molecule has 8 heteroatoms. The first kappa shape index (κ1) is 20.7. The number of fused-ring (bicyclic) bond motifs is 5. The van der Waals surface area contributed by atoms with Crippen molar-refractivity contribution in [3.63, 3.8) is 0 Å². The Balaban J connectivity index is 1.34. The van der Waals surface area contributed by atoms with Crippen LogP contribution in [0.4, 0.5) is 5.69 Å². The van der Waals surface area contributed by atoms with Crippen LogP contribution in [0.1, 0.15) is 41.9 Å². The zero-order valence-corrected chi connectivity index (χ0v) is 19.7. The average Bonchev–Trinajstić information content (AvgIpc) is 3.17. The molecule has 0 atom stereocenters. The van der Waals surface area contributed by atoms with E-state index in [0.717, 1.165) is 55.9 Å². The molecule has 0 spiro atoms. The lowest BCUT2D eigenvalue weighted by atomic mass is 9.80. The highest BCUT2D eigenvalue weighted by Crippen LogP contribution is 2.37. The first-order valence-electron chi connectivity index (χ1n) is 11.6. The second-order valence-corrected chi connectivity index (χ2v) is 10.1. The molecule has 1 aromatic carbocycles. The maximum atomic E-state index is 12.8. The van der Waals surface area contributed by atoms with Crippen molar-refractivity contribution in [2.75, 3.05) is 25.0 Å². The number of H-pyrrole nitrogens is 1. The van der Waals surface area contributed by atoms with E-state index in [9.17, 15) is 4.79 Å². The summed E-state index contributed by atoms with van der Waals surface area (Å²) in [7, 11) is 0. The van der Waals surface area contributed by atoms with Crippen molar-refractivity contribution in [2.45, 2.75) is 45.1 Å². The standard InChI is InChI=1S/C25H27ClN6O/c1-15-9-23-27-17(14-32(23)13-16(15)2)10-22-28-20-12-21(19(26)11-18(20)24(33)29-22)30-25-3-6-31(7-4-25)8-5-25/h9,11-14,30H,3-8,10H2,1-2H3,(H,28,29,33). The second kappa shape index (κ2) is 7.57. The summed E-state index contributed by atoms with van der Waals surface area (Å²) in [6.45, 7) is 7.54. The van der Waals surface area contributed by atoms with Crippen molar-refractivity contribution >= 4 is 33.8 Å². The van der Waals surface area contributed by atoms with Crippen molar-refractivity contribution in [1.82, 2.24) is 24.3 Å². The SMILES string of the molecule is Cc1cc2nc(Cc3nc4cc(NC56CCN(CC5)CC6)c(Cl)cc4c(=O)[nH]3)cn2cc1C. The van der Waals surface area contributed by atoms with Crippen molar-refractivity contribution in [3.8, 4) is 0 Å². The van der Waals surface area contributed by atoms with Gasteiger partial charge in [0, 0.05) is 44.0 Å². The fourth-order valence-corrected chi connectivity index (χ4v) is 5.44. The number of anilines is 1. The van der Waals surface area contributed by atoms with Gasteiger partial charge in [0.2, 0.25) is 0 Å². The van der Waals surface area contributed by atoms with Crippen LogP contribution >= 0.6 is 11.6 Å². The molecular weight excluding hydrogens is 436 g/mol.